The highest BCUT2D eigenvalue weighted by atomic mass is 16.5. The van der Waals surface area contributed by atoms with E-state index >= 15 is 0 Å². The lowest BCUT2D eigenvalue weighted by molar-refractivity contribution is -0.159. The number of aliphatic carboxylic acids is 4. The number of anilines is 1. The van der Waals surface area contributed by atoms with Gasteiger partial charge in [0.15, 0.2) is 11.5 Å². The van der Waals surface area contributed by atoms with Gasteiger partial charge >= 0.3 is 23.9 Å². The Kier molecular flexibility index (Phi) is 13.1. The van der Waals surface area contributed by atoms with Gasteiger partial charge in [-0.25, -0.2) is 29.1 Å². The van der Waals surface area contributed by atoms with Crippen molar-refractivity contribution in [2.24, 2.45) is 0 Å². The number of para-hydroxylation sites is 1. The molecule has 0 aliphatic rings. The zero-order valence-corrected chi connectivity index (χ0v) is 21.8. The average molecular weight is 547 g/mol. The Hall–Kier alpha value is -4.98. The third-order valence-electron chi connectivity index (χ3n) is 4.83. The molecule has 3 aromatic rings. The van der Waals surface area contributed by atoms with Crippen molar-refractivity contribution in [3.63, 3.8) is 0 Å². The third kappa shape index (κ3) is 10.9. The summed E-state index contributed by atoms with van der Waals surface area (Å²) in [5, 5.41) is 30.6. The molecule has 3 rings (SSSR count). The van der Waals surface area contributed by atoms with Crippen LogP contribution < -0.4 is 14.4 Å². The standard InChI is InChI=1S/C21H26N4O2.2C2H2O4/c1-24(2)11-12-25(14-16-9-10-19(26-3)20(13-16)27-4)21-17-7-5-6-8-18(17)22-15-23-21;2*3-1(4)2(5)6/h5-10,13,15H,11-12,14H2,1-4H3;2*(H,3,4)(H,5,6). The van der Waals surface area contributed by atoms with Crippen LogP contribution in [0.2, 0.25) is 0 Å². The predicted octanol–water partition coefficient (Wildman–Crippen LogP) is 1.53. The van der Waals surface area contributed by atoms with Crippen LogP contribution in [0.25, 0.3) is 10.9 Å². The molecule has 1 aromatic heterocycles. The first-order valence-electron chi connectivity index (χ1n) is 11.1. The normalized spacial score (nSPS) is 9.87. The van der Waals surface area contributed by atoms with Gasteiger partial charge in [-0.2, -0.15) is 0 Å². The van der Waals surface area contributed by atoms with E-state index in [1.54, 1.807) is 20.5 Å². The van der Waals surface area contributed by atoms with Crippen LogP contribution in [0.3, 0.4) is 0 Å². The molecule has 0 atom stereocenters. The number of nitrogens with zero attached hydrogens (tertiary/aromatic N) is 4. The van der Waals surface area contributed by atoms with Crippen LogP contribution in [-0.4, -0.2) is 101 Å². The molecule has 0 spiro atoms. The minimum Gasteiger partial charge on any atom is -0.493 e. The average Bonchev–Trinajstić information content (AvgIpc) is 2.91. The Balaban J connectivity index is 0.000000530. The highest BCUT2D eigenvalue weighted by Crippen LogP contribution is 2.29. The van der Waals surface area contributed by atoms with Gasteiger partial charge in [-0.3, -0.25) is 0 Å². The largest absolute Gasteiger partial charge is 0.493 e. The number of carboxylic acid groups (broad SMARTS) is 4. The molecule has 210 valence electrons. The Morgan fingerprint density at radius 1 is 0.769 bits per heavy atom. The van der Waals surface area contributed by atoms with Crippen LogP contribution in [0.4, 0.5) is 5.82 Å². The van der Waals surface area contributed by atoms with Gasteiger partial charge in [-0.1, -0.05) is 18.2 Å². The second-order valence-electron chi connectivity index (χ2n) is 7.85. The molecule has 0 aliphatic carbocycles. The summed E-state index contributed by atoms with van der Waals surface area (Å²) in [4.78, 5) is 49.8. The third-order valence-corrected chi connectivity index (χ3v) is 4.83. The van der Waals surface area contributed by atoms with Crippen LogP contribution in [0.15, 0.2) is 48.8 Å². The first-order valence-corrected chi connectivity index (χ1v) is 11.1. The van der Waals surface area contributed by atoms with Crippen molar-refractivity contribution in [3.8, 4) is 11.5 Å². The Morgan fingerprint density at radius 3 is 1.85 bits per heavy atom. The summed E-state index contributed by atoms with van der Waals surface area (Å²) in [6.07, 6.45) is 1.63. The summed E-state index contributed by atoms with van der Waals surface area (Å²) in [6, 6.07) is 14.1. The van der Waals surface area contributed by atoms with Crippen LogP contribution in [-0.2, 0) is 25.7 Å². The molecule has 0 saturated carbocycles. The van der Waals surface area contributed by atoms with Gasteiger partial charge in [-0.05, 0) is 43.9 Å². The molecule has 0 unspecified atom stereocenters. The maximum Gasteiger partial charge on any atom is 0.414 e. The number of carboxylic acids is 4. The van der Waals surface area contributed by atoms with E-state index in [-0.39, 0.29) is 0 Å². The zero-order chi connectivity index (χ0) is 29.5. The van der Waals surface area contributed by atoms with E-state index in [1.165, 1.54) is 0 Å². The first-order chi connectivity index (χ1) is 18.4. The lowest BCUT2D eigenvalue weighted by atomic mass is 10.1. The fourth-order valence-corrected chi connectivity index (χ4v) is 3.02. The van der Waals surface area contributed by atoms with Gasteiger partial charge in [0.05, 0.1) is 19.7 Å². The highest BCUT2D eigenvalue weighted by molar-refractivity contribution is 6.27. The summed E-state index contributed by atoms with van der Waals surface area (Å²) in [5.41, 5.74) is 2.08. The Labute approximate surface area is 223 Å². The molecule has 4 N–H and O–H groups in total. The lowest BCUT2D eigenvalue weighted by Crippen LogP contribution is -2.32. The maximum absolute atomic E-state index is 9.10. The number of ether oxygens (including phenoxy) is 2. The van der Waals surface area contributed by atoms with Crippen molar-refractivity contribution in [1.82, 2.24) is 14.9 Å². The van der Waals surface area contributed by atoms with Crippen molar-refractivity contribution in [3.05, 3.63) is 54.4 Å². The summed E-state index contributed by atoms with van der Waals surface area (Å²) in [6.45, 7) is 2.49. The van der Waals surface area contributed by atoms with Crippen LogP contribution in [0.5, 0.6) is 11.5 Å². The molecule has 0 fully saturated rings. The van der Waals surface area contributed by atoms with E-state index in [2.05, 4.69) is 46.0 Å². The summed E-state index contributed by atoms with van der Waals surface area (Å²) >= 11 is 0. The van der Waals surface area contributed by atoms with E-state index in [9.17, 15) is 0 Å². The minimum atomic E-state index is -1.82. The van der Waals surface area contributed by atoms with Gasteiger partial charge in [-0.15, -0.1) is 0 Å². The lowest BCUT2D eigenvalue weighted by Gasteiger charge is -2.26. The highest BCUT2D eigenvalue weighted by Gasteiger charge is 2.15. The zero-order valence-electron chi connectivity index (χ0n) is 21.8. The van der Waals surface area contributed by atoms with E-state index < -0.39 is 23.9 Å². The summed E-state index contributed by atoms with van der Waals surface area (Å²) in [7, 11) is 7.46. The maximum atomic E-state index is 9.10. The Bertz CT molecular complexity index is 1230. The number of carbonyl (C=O) groups is 4. The quantitative estimate of drug-likeness (QED) is 0.296. The van der Waals surface area contributed by atoms with Crippen molar-refractivity contribution < 1.29 is 49.1 Å². The molecule has 0 saturated heterocycles. The van der Waals surface area contributed by atoms with Gasteiger partial charge in [0.25, 0.3) is 0 Å². The second kappa shape index (κ2) is 16.0. The molecule has 0 radical (unpaired) electrons. The molecule has 2 aromatic carbocycles. The summed E-state index contributed by atoms with van der Waals surface area (Å²) in [5.74, 6) is -4.89. The van der Waals surface area contributed by atoms with Gasteiger partial charge < -0.3 is 39.7 Å². The number of aromatic nitrogens is 2. The van der Waals surface area contributed by atoms with E-state index in [0.29, 0.717) is 0 Å². The molecule has 39 heavy (non-hydrogen) atoms. The van der Waals surface area contributed by atoms with Gasteiger partial charge in [0.1, 0.15) is 12.1 Å². The fourth-order valence-electron chi connectivity index (χ4n) is 3.02. The first kappa shape index (κ1) is 32.0. The molecule has 14 nitrogen and oxygen atoms in total. The van der Waals surface area contributed by atoms with Crippen molar-refractivity contribution >= 4 is 40.6 Å². The molecule has 0 bridgehead atoms. The number of benzene rings is 2. The second-order valence-corrected chi connectivity index (χ2v) is 7.85. The van der Waals surface area contributed by atoms with Crippen LogP contribution in [0.1, 0.15) is 5.56 Å². The number of methoxy groups -OCH3 is 2. The SMILES string of the molecule is COc1ccc(CN(CCN(C)C)c2ncnc3ccccc23)cc1OC.O=C(O)C(=O)O.O=C(O)C(=O)O. The monoisotopic (exact) mass is 546 g/mol. The molecule has 1 heterocycles. The van der Waals surface area contributed by atoms with E-state index in [4.69, 9.17) is 49.1 Å². The predicted molar refractivity (Wildman–Crippen MR) is 139 cm³/mol. The van der Waals surface area contributed by atoms with Gasteiger partial charge in [0.2, 0.25) is 0 Å². The fraction of sp³-hybridized carbons (Fsp3) is 0.280. The molecule has 14 heteroatoms. The van der Waals surface area contributed by atoms with Crippen LogP contribution >= 0.6 is 0 Å². The Morgan fingerprint density at radius 2 is 1.33 bits per heavy atom. The molecular formula is C25H30N4O10. The van der Waals surface area contributed by atoms with Crippen molar-refractivity contribution in [1.29, 1.82) is 0 Å². The number of hydrogen-bond donors (Lipinski definition) is 4. The van der Waals surface area contributed by atoms with Crippen molar-refractivity contribution in [2.75, 3.05) is 46.3 Å². The van der Waals surface area contributed by atoms with Crippen LogP contribution in [0, 0.1) is 0 Å². The number of hydrogen-bond acceptors (Lipinski definition) is 10. The van der Waals surface area contributed by atoms with E-state index in [0.717, 1.165) is 53.4 Å². The topological polar surface area (TPSA) is 200 Å². The summed E-state index contributed by atoms with van der Waals surface area (Å²) < 4.78 is 10.8. The number of likely N-dealkylation sites (N-methyl/N-ethyl adjacent to an activating group) is 1. The number of rotatable bonds is 8. The van der Waals surface area contributed by atoms with E-state index in [1.807, 2.05) is 30.3 Å². The van der Waals surface area contributed by atoms with Gasteiger partial charge in [0, 0.05) is 25.0 Å². The van der Waals surface area contributed by atoms with Crippen molar-refractivity contribution in [2.45, 2.75) is 6.54 Å². The number of fused-ring (bicyclic) bond motifs is 1. The minimum absolute atomic E-state index is 0.717. The molecular weight excluding hydrogens is 516 g/mol. The molecule has 0 aliphatic heterocycles. The molecule has 0 amide bonds. The smallest absolute Gasteiger partial charge is 0.414 e.